The zero-order valence-corrected chi connectivity index (χ0v) is 18.0. The zero-order chi connectivity index (χ0) is 22.0. The van der Waals surface area contributed by atoms with Crippen molar-refractivity contribution in [1.29, 1.82) is 0 Å². The van der Waals surface area contributed by atoms with Gasteiger partial charge in [-0.2, -0.15) is 13.2 Å². The summed E-state index contributed by atoms with van der Waals surface area (Å²) in [6, 6.07) is 6.03. The average molecular weight is 431 g/mol. The van der Waals surface area contributed by atoms with Crippen LogP contribution in [0.1, 0.15) is 24.5 Å². The second-order valence-electron chi connectivity index (χ2n) is 7.47. The van der Waals surface area contributed by atoms with E-state index in [1.807, 2.05) is 32.0 Å². The first-order chi connectivity index (χ1) is 14.3. The van der Waals surface area contributed by atoms with Gasteiger partial charge in [0.05, 0.1) is 13.2 Å². The smallest absolute Gasteiger partial charge is 0.401 e. The summed E-state index contributed by atoms with van der Waals surface area (Å²) in [6.45, 7) is 6.81. The van der Waals surface area contributed by atoms with Crippen molar-refractivity contribution in [3.05, 3.63) is 29.3 Å². The lowest BCUT2D eigenvalue weighted by Crippen LogP contribution is -2.40. The summed E-state index contributed by atoms with van der Waals surface area (Å²) in [5.74, 6) is 1.59. The summed E-state index contributed by atoms with van der Waals surface area (Å²) in [6.07, 6.45) is -3.40. The van der Waals surface area contributed by atoms with Crippen LogP contribution in [0.3, 0.4) is 0 Å². The summed E-state index contributed by atoms with van der Waals surface area (Å²) < 4.78 is 48.8. The molecule has 1 heterocycles. The lowest BCUT2D eigenvalue weighted by Gasteiger charge is -2.19. The van der Waals surface area contributed by atoms with Gasteiger partial charge in [0.1, 0.15) is 12.4 Å². The average Bonchev–Trinajstić information content (AvgIpc) is 3.12. The van der Waals surface area contributed by atoms with Crippen molar-refractivity contribution >= 4 is 5.96 Å². The number of nitrogens with zero attached hydrogens (tertiary/aromatic N) is 2. The second kappa shape index (κ2) is 12.0. The van der Waals surface area contributed by atoms with Crippen molar-refractivity contribution < 1.29 is 22.6 Å². The third-order valence-corrected chi connectivity index (χ3v) is 4.91. The number of likely N-dealkylation sites (tertiary alicyclic amines) is 1. The number of ether oxygens (including phenoxy) is 2. The molecule has 0 bridgehead atoms. The number of halogens is 3. The van der Waals surface area contributed by atoms with Crippen LogP contribution < -0.4 is 15.4 Å². The van der Waals surface area contributed by atoms with Gasteiger partial charge >= 0.3 is 6.18 Å². The van der Waals surface area contributed by atoms with Crippen LogP contribution >= 0.6 is 0 Å². The minimum atomic E-state index is -4.14. The molecule has 2 rings (SSSR count). The molecule has 1 unspecified atom stereocenters. The fourth-order valence-electron chi connectivity index (χ4n) is 3.41. The van der Waals surface area contributed by atoms with Gasteiger partial charge in [0, 0.05) is 38.9 Å². The van der Waals surface area contributed by atoms with Crippen LogP contribution in [0.25, 0.3) is 0 Å². The van der Waals surface area contributed by atoms with E-state index >= 15 is 0 Å². The number of alkyl halides is 3. The van der Waals surface area contributed by atoms with Crippen LogP contribution in [-0.2, 0) is 11.3 Å². The van der Waals surface area contributed by atoms with E-state index in [0.717, 1.165) is 23.3 Å². The Morgan fingerprint density at radius 1 is 1.27 bits per heavy atom. The highest BCUT2D eigenvalue weighted by Gasteiger charge is 2.34. The number of hydrogen-bond donors (Lipinski definition) is 2. The molecule has 0 saturated carbocycles. The minimum Gasteiger partial charge on any atom is -0.491 e. The first kappa shape index (κ1) is 24.3. The van der Waals surface area contributed by atoms with Gasteiger partial charge in [-0.15, -0.1) is 0 Å². The van der Waals surface area contributed by atoms with Crippen molar-refractivity contribution in [2.45, 2.75) is 33.0 Å². The molecule has 0 amide bonds. The van der Waals surface area contributed by atoms with Crippen LogP contribution in [0.15, 0.2) is 23.2 Å². The Bertz CT molecular complexity index is 683. The maximum Gasteiger partial charge on any atom is 0.401 e. The molecule has 170 valence electrons. The standard InChI is InChI=1S/C21H33F3N4O2/c1-4-29-9-10-30-19-11-16(2)5-6-18(19)13-27-20(25-3)26-12-17-7-8-28(14-17)15-21(22,23)24/h5-6,11,17H,4,7-10,12-15H2,1-3H3,(H2,25,26,27). The quantitative estimate of drug-likeness (QED) is 0.340. The predicted octanol–water partition coefficient (Wildman–Crippen LogP) is 2.96. The van der Waals surface area contributed by atoms with Gasteiger partial charge in [-0.05, 0) is 44.4 Å². The van der Waals surface area contributed by atoms with Crippen LogP contribution in [0.5, 0.6) is 5.75 Å². The van der Waals surface area contributed by atoms with Crippen molar-refractivity contribution in [2.24, 2.45) is 10.9 Å². The van der Waals surface area contributed by atoms with E-state index in [-0.39, 0.29) is 5.92 Å². The Hall–Kier alpha value is -2.00. The number of rotatable bonds is 10. The molecular weight excluding hydrogens is 397 g/mol. The van der Waals surface area contributed by atoms with E-state index in [2.05, 4.69) is 15.6 Å². The van der Waals surface area contributed by atoms with Crippen molar-refractivity contribution in [2.75, 3.05) is 53.0 Å². The van der Waals surface area contributed by atoms with E-state index < -0.39 is 12.7 Å². The first-order valence-corrected chi connectivity index (χ1v) is 10.3. The second-order valence-corrected chi connectivity index (χ2v) is 7.47. The van der Waals surface area contributed by atoms with E-state index in [1.165, 1.54) is 4.90 Å². The van der Waals surface area contributed by atoms with E-state index in [1.54, 1.807) is 7.05 Å². The van der Waals surface area contributed by atoms with Gasteiger partial charge < -0.3 is 20.1 Å². The molecule has 1 aliphatic heterocycles. The molecule has 0 aromatic heterocycles. The maximum atomic E-state index is 12.5. The Labute approximate surface area is 176 Å². The number of benzene rings is 1. The molecule has 1 aromatic rings. The monoisotopic (exact) mass is 430 g/mol. The minimum absolute atomic E-state index is 0.169. The number of aryl methyl sites for hydroxylation is 1. The summed E-state index contributed by atoms with van der Waals surface area (Å²) in [7, 11) is 1.68. The normalized spacial score (nSPS) is 17.9. The van der Waals surface area contributed by atoms with Gasteiger partial charge in [0.2, 0.25) is 0 Å². The Kier molecular flexibility index (Phi) is 9.71. The van der Waals surface area contributed by atoms with Crippen molar-refractivity contribution in [1.82, 2.24) is 15.5 Å². The number of nitrogens with one attached hydrogen (secondary N) is 2. The maximum absolute atomic E-state index is 12.5. The van der Waals surface area contributed by atoms with Crippen LogP contribution in [0.2, 0.25) is 0 Å². The predicted molar refractivity (Wildman–Crippen MR) is 112 cm³/mol. The molecule has 9 heteroatoms. The summed E-state index contributed by atoms with van der Waals surface area (Å²) in [5.41, 5.74) is 2.11. The van der Waals surface area contributed by atoms with E-state index in [9.17, 15) is 13.2 Å². The van der Waals surface area contributed by atoms with Gasteiger partial charge in [-0.1, -0.05) is 12.1 Å². The SMILES string of the molecule is CCOCCOc1cc(C)ccc1CNC(=NC)NCC1CCN(CC(F)(F)F)C1. The molecule has 30 heavy (non-hydrogen) atoms. The first-order valence-electron chi connectivity index (χ1n) is 10.3. The Morgan fingerprint density at radius 2 is 2.07 bits per heavy atom. The molecule has 1 saturated heterocycles. The summed E-state index contributed by atoms with van der Waals surface area (Å²) >= 11 is 0. The largest absolute Gasteiger partial charge is 0.491 e. The molecule has 0 aliphatic carbocycles. The summed E-state index contributed by atoms with van der Waals surface area (Å²) in [4.78, 5) is 5.68. The van der Waals surface area contributed by atoms with Crippen LogP contribution in [-0.4, -0.2) is 70.1 Å². The highest BCUT2D eigenvalue weighted by Crippen LogP contribution is 2.22. The molecule has 1 aromatic carbocycles. The molecule has 0 spiro atoms. The van der Waals surface area contributed by atoms with Gasteiger partial charge in [-0.25, -0.2) is 0 Å². The van der Waals surface area contributed by atoms with E-state index in [0.29, 0.717) is 52.0 Å². The number of aliphatic imine (C=N–C) groups is 1. The van der Waals surface area contributed by atoms with Gasteiger partial charge in [0.15, 0.2) is 5.96 Å². The third kappa shape index (κ3) is 8.79. The fraction of sp³-hybridized carbons (Fsp3) is 0.667. The molecule has 2 N–H and O–H groups in total. The molecule has 1 atom stereocenters. The van der Waals surface area contributed by atoms with Crippen molar-refractivity contribution in [3.8, 4) is 5.75 Å². The van der Waals surface area contributed by atoms with Crippen LogP contribution in [0.4, 0.5) is 13.2 Å². The highest BCUT2D eigenvalue weighted by atomic mass is 19.4. The fourth-order valence-corrected chi connectivity index (χ4v) is 3.41. The van der Waals surface area contributed by atoms with Crippen LogP contribution in [0, 0.1) is 12.8 Å². The topological polar surface area (TPSA) is 58.1 Å². The molecule has 1 aliphatic rings. The van der Waals surface area contributed by atoms with E-state index in [4.69, 9.17) is 9.47 Å². The molecule has 1 fully saturated rings. The molecule has 0 radical (unpaired) electrons. The molecule has 6 nitrogen and oxygen atoms in total. The summed E-state index contributed by atoms with van der Waals surface area (Å²) in [5, 5.41) is 6.48. The van der Waals surface area contributed by atoms with Gasteiger partial charge in [0.25, 0.3) is 0 Å². The third-order valence-electron chi connectivity index (χ3n) is 4.91. The lowest BCUT2D eigenvalue weighted by atomic mass is 10.1. The van der Waals surface area contributed by atoms with Gasteiger partial charge in [-0.3, -0.25) is 9.89 Å². The Balaban J connectivity index is 1.80. The zero-order valence-electron chi connectivity index (χ0n) is 18.0. The lowest BCUT2D eigenvalue weighted by molar-refractivity contribution is -0.143. The molecular formula is C21H33F3N4O2. The van der Waals surface area contributed by atoms with Crippen molar-refractivity contribution in [3.63, 3.8) is 0 Å². The highest BCUT2D eigenvalue weighted by molar-refractivity contribution is 5.79. The Morgan fingerprint density at radius 3 is 2.77 bits per heavy atom. The number of guanidine groups is 1. The number of hydrogen-bond acceptors (Lipinski definition) is 4.